The van der Waals surface area contributed by atoms with Gasteiger partial charge in [-0.2, -0.15) is 0 Å². The van der Waals surface area contributed by atoms with Crippen LogP contribution in [0.5, 0.6) is 0 Å². The zero-order chi connectivity index (χ0) is 30.0. The number of carbonyl (C=O) groups excluding carboxylic acids is 2. The fourth-order valence-electron chi connectivity index (χ4n) is 5.72. The third kappa shape index (κ3) is 6.02. The maximum absolute atomic E-state index is 13.9. The number of fused-ring (bicyclic) bond motifs is 2. The van der Waals surface area contributed by atoms with Crippen LogP contribution in [0.2, 0.25) is 0 Å². The van der Waals surface area contributed by atoms with E-state index in [-0.39, 0.29) is 35.2 Å². The third-order valence-corrected chi connectivity index (χ3v) is 7.71. The lowest BCUT2D eigenvalue weighted by Gasteiger charge is -2.31. The molecule has 220 valence electrons. The first-order chi connectivity index (χ1) is 20.1. The highest BCUT2D eigenvalue weighted by Gasteiger charge is 2.31. The Balaban J connectivity index is 1.43. The number of hydrogen-bond acceptors (Lipinski definition) is 5. The summed E-state index contributed by atoms with van der Waals surface area (Å²) in [6, 6.07) is 13.8. The molecule has 2 atom stereocenters. The fourth-order valence-corrected chi connectivity index (χ4v) is 5.72. The van der Waals surface area contributed by atoms with Gasteiger partial charge in [0.25, 0.3) is 0 Å². The van der Waals surface area contributed by atoms with Crippen LogP contribution in [0.25, 0.3) is 10.9 Å². The average molecular weight is 572 g/mol. The van der Waals surface area contributed by atoms with E-state index in [9.17, 15) is 19.5 Å². The molecule has 2 aromatic heterocycles. The van der Waals surface area contributed by atoms with Gasteiger partial charge in [-0.25, -0.2) is 14.6 Å². The van der Waals surface area contributed by atoms with Crippen molar-refractivity contribution in [2.75, 3.05) is 11.4 Å². The summed E-state index contributed by atoms with van der Waals surface area (Å²) in [4.78, 5) is 45.1. The number of hydrogen-bond donors (Lipinski definition) is 3. The summed E-state index contributed by atoms with van der Waals surface area (Å²) in [5.41, 5.74) is 3.74. The largest absolute Gasteiger partial charge is 0.476 e. The number of benzene rings is 2. The SMILES string of the molecule is Cc1oc([C@@H](Cc2cn(C)c3ccccc23)NC(=O)[C@H](CC(C)C)NC(=O)N2CCCc3ccccc32)nc1C(=O)O. The smallest absolute Gasteiger partial charge is 0.358 e. The molecule has 0 spiro atoms. The summed E-state index contributed by atoms with van der Waals surface area (Å²) in [7, 11) is 1.95. The van der Waals surface area contributed by atoms with E-state index < -0.39 is 18.1 Å². The molecule has 10 nitrogen and oxygen atoms in total. The van der Waals surface area contributed by atoms with Gasteiger partial charge in [-0.3, -0.25) is 9.69 Å². The Morgan fingerprint density at radius 2 is 1.81 bits per heavy atom. The molecule has 3 heterocycles. The molecule has 1 aliphatic heterocycles. The summed E-state index contributed by atoms with van der Waals surface area (Å²) in [5, 5.41) is 16.6. The van der Waals surface area contributed by atoms with Gasteiger partial charge in [0.1, 0.15) is 17.8 Å². The van der Waals surface area contributed by atoms with Gasteiger partial charge in [0.05, 0.1) is 0 Å². The highest BCUT2D eigenvalue weighted by atomic mass is 16.4. The minimum Gasteiger partial charge on any atom is -0.476 e. The first kappa shape index (κ1) is 28.9. The normalized spacial score (nSPS) is 14.5. The molecule has 0 saturated carbocycles. The van der Waals surface area contributed by atoms with Gasteiger partial charge in [0, 0.05) is 42.8 Å². The van der Waals surface area contributed by atoms with Crippen LogP contribution in [0.4, 0.5) is 10.5 Å². The number of carbonyl (C=O) groups is 3. The summed E-state index contributed by atoms with van der Waals surface area (Å²) < 4.78 is 7.80. The minimum atomic E-state index is -1.20. The Morgan fingerprint density at radius 1 is 1.07 bits per heavy atom. The highest BCUT2D eigenvalue weighted by Crippen LogP contribution is 2.29. The molecule has 0 bridgehead atoms. The number of rotatable bonds is 9. The molecule has 0 fully saturated rings. The van der Waals surface area contributed by atoms with Crippen LogP contribution in [-0.2, 0) is 24.7 Å². The number of nitrogens with zero attached hydrogens (tertiary/aromatic N) is 3. The van der Waals surface area contributed by atoms with Gasteiger partial charge in [-0.05, 0) is 55.4 Å². The first-order valence-corrected chi connectivity index (χ1v) is 14.3. The molecule has 0 radical (unpaired) electrons. The van der Waals surface area contributed by atoms with Crippen molar-refractivity contribution in [1.29, 1.82) is 0 Å². The Hall–Kier alpha value is -4.60. The fraction of sp³-hybridized carbons (Fsp3) is 0.375. The average Bonchev–Trinajstić information content (AvgIpc) is 3.51. The van der Waals surface area contributed by atoms with E-state index in [4.69, 9.17) is 4.42 Å². The monoisotopic (exact) mass is 571 g/mol. The molecule has 2 aromatic carbocycles. The predicted octanol–water partition coefficient (Wildman–Crippen LogP) is 5.15. The van der Waals surface area contributed by atoms with Gasteiger partial charge >= 0.3 is 12.0 Å². The van der Waals surface area contributed by atoms with Crippen LogP contribution in [0.1, 0.15) is 66.0 Å². The topological polar surface area (TPSA) is 130 Å². The number of carboxylic acids is 1. The molecular formula is C32H37N5O5. The summed E-state index contributed by atoms with van der Waals surface area (Å²) in [6.07, 6.45) is 4.46. The van der Waals surface area contributed by atoms with Gasteiger partial charge in [-0.15, -0.1) is 0 Å². The maximum atomic E-state index is 13.9. The van der Waals surface area contributed by atoms with Gasteiger partial charge < -0.3 is 24.7 Å². The van der Waals surface area contributed by atoms with Crippen molar-refractivity contribution < 1.29 is 23.9 Å². The summed E-state index contributed by atoms with van der Waals surface area (Å²) >= 11 is 0. The molecule has 0 aliphatic carbocycles. The number of aromatic nitrogens is 2. The van der Waals surface area contributed by atoms with Gasteiger partial charge in [-0.1, -0.05) is 50.2 Å². The molecule has 0 saturated heterocycles. The second kappa shape index (κ2) is 12.1. The standard InChI is InChI=1S/C32H37N5O5/c1-19(2)16-24(34-32(41)37-15-9-11-21-10-5-7-13-26(21)37)29(38)33-25(30-35-28(31(39)40)20(3)42-30)17-22-18-36(4)27-14-8-6-12-23(22)27/h5-8,10,12-14,18-19,24-25H,9,11,15-17H2,1-4H3,(H,33,38)(H,34,41)(H,39,40)/t24-,25+/m0/s1. The Labute approximate surface area is 244 Å². The molecule has 42 heavy (non-hydrogen) atoms. The zero-order valence-corrected chi connectivity index (χ0v) is 24.4. The number of carboxylic acid groups (broad SMARTS) is 1. The van der Waals surface area contributed by atoms with Crippen LogP contribution < -0.4 is 15.5 Å². The van der Waals surface area contributed by atoms with Crippen molar-refractivity contribution in [3.8, 4) is 0 Å². The number of aryl methyl sites for hydroxylation is 3. The number of urea groups is 1. The molecule has 10 heteroatoms. The predicted molar refractivity (Wildman–Crippen MR) is 160 cm³/mol. The van der Waals surface area contributed by atoms with E-state index in [2.05, 4.69) is 15.6 Å². The van der Waals surface area contributed by atoms with Gasteiger partial charge in [0.2, 0.25) is 11.8 Å². The van der Waals surface area contributed by atoms with Crippen molar-refractivity contribution in [2.24, 2.45) is 13.0 Å². The zero-order valence-electron chi connectivity index (χ0n) is 24.4. The Morgan fingerprint density at radius 3 is 2.55 bits per heavy atom. The van der Waals surface area contributed by atoms with Crippen LogP contribution in [0.3, 0.4) is 0 Å². The van der Waals surface area contributed by atoms with Crippen LogP contribution >= 0.6 is 0 Å². The first-order valence-electron chi connectivity index (χ1n) is 14.3. The Bertz CT molecular complexity index is 1620. The summed E-state index contributed by atoms with van der Waals surface area (Å²) in [6.45, 7) is 6.09. The van der Waals surface area contributed by atoms with Gasteiger partial charge in [0.15, 0.2) is 5.69 Å². The van der Waals surface area contributed by atoms with Crippen molar-refractivity contribution in [1.82, 2.24) is 20.2 Å². The highest BCUT2D eigenvalue weighted by molar-refractivity contribution is 5.96. The van der Waals surface area contributed by atoms with Crippen LogP contribution in [0, 0.1) is 12.8 Å². The third-order valence-electron chi connectivity index (χ3n) is 7.71. The molecule has 3 N–H and O–H groups in total. The lowest BCUT2D eigenvalue weighted by Crippen LogP contribution is -2.53. The number of aromatic carboxylic acids is 1. The van der Waals surface area contributed by atoms with E-state index in [1.807, 2.05) is 80.2 Å². The number of nitrogens with one attached hydrogen (secondary N) is 2. The van der Waals surface area contributed by atoms with E-state index in [1.54, 1.807) is 4.90 Å². The summed E-state index contributed by atoms with van der Waals surface area (Å²) in [5.74, 6) is -1.21. The second-order valence-electron chi connectivity index (χ2n) is 11.3. The number of para-hydroxylation sites is 2. The lowest BCUT2D eigenvalue weighted by atomic mass is 10.0. The molecule has 0 unspecified atom stereocenters. The molecule has 5 rings (SSSR count). The number of oxazole rings is 1. The Kier molecular flexibility index (Phi) is 8.33. The number of amides is 3. The van der Waals surface area contributed by atoms with Crippen molar-refractivity contribution >= 4 is 34.5 Å². The lowest BCUT2D eigenvalue weighted by molar-refractivity contribution is -0.124. The minimum absolute atomic E-state index is 0.103. The maximum Gasteiger partial charge on any atom is 0.358 e. The van der Waals surface area contributed by atoms with E-state index >= 15 is 0 Å². The molecular weight excluding hydrogens is 534 g/mol. The molecule has 4 aromatic rings. The van der Waals surface area contributed by atoms with Crippen molar-refractivity contribution in [3.63, 3.8) is 0 Å². The number of anilines is 1. The van der Waals surface area contributed by atoms with Crippen LogP contribution in [-0.4, -0.2) is 45.2 Å². The van der Waals surface area contributed by atoms with Crippen LogP contribution in [0.15, 0.2) is 59.1 Å². The van der Waals surface area contributed by atoms with E-state index in [0.717, 1.165) is 40.6 Å². The molecule has 1 aliphatic rings. The molecule has 3 amide bonds. The van der Waals surface area contributed by atoms with E-state index in [1.165, 1.54) is 6.92 Å². The van der Waals surface area contributed by atoms with Crippen molar-refractivity contribution in [2.45, 2.75) is 58.5 Å². The quantitative estimate of drug-likeness (QED) is 0.255. The van der Waals surface area contributed by atoms with E-state index in [0.29, 0.717) is 19.4 Å². The second-order valence-corrected chi connectivity index (χ2v) is 11.3. The van der Waals surface area contributed by atoms with Crippen molar-refractivity contribution in [3.05, 3.63) is 83.2 Å².